The number of oxime groups is 1. The standard InChI is InChI=1S/C13H18N4O2/c1-2-14-13(18)12-9-11(3-6-15-12)17-7-4-10(16-19)5-8-17/h3,6,9,19H,2,4-5,7-8H2,1H3,(H,14,18). The summed E-state index contributed by atoms with van der Waals surface area (Å²) in [4.78, 5) is 18.0. The molecular formula is C13H18N4O2. The smallest absolute Gasteiger partial charge is 0.269 e. The monoisotopic (exact) mass is 262 g/mol. The molecule has 0 spiro atoms. The van der Waals surface area contributed by atoms with Gasteiger partial charge in [-0.1, -0.05) is 5.16 Å². The van der Waals surface area contributed by atoms with Crippen LogP contribution in [0.15, 0.2) is 23.5 Å². The van der Waals surface area contributed by atoms with Crippen molar-refractivity contribution < 1.29 is 10.0 Å². The first-order valence-corrected chi connectivity index (χ1v) is 6.43. The molecule has 0 aromatic carbocycles. The van der Waals surface area contributed by atoms with Gasteiger partial charge in [-0.25, -0.2) is 0 Å². The van der Waals surface area contributed by atoms with Crippen molar-refractivity contribution in [2.24, 2.45) is 5.16 Å². The van der Waals surface area contributed by atoms with Crippen LogP contribution >= 0.6 is 0 Å². The van der Waals surface area contributed by atoms with E-state index in [1.54, 1.807) is 12.3 Å². The van der Waals surface area contributed by atoms with Crippen molar-refractivity contribution in [1.82, 2.24) is 10.3 Å². The molecule has 1 amide bonds. The second-order valence-electron chi connectivity index (χ2n) is 4.41. The minimum atomic E-state index is -0.154. The maximum absolute atomic E-state index is 11.7. The van der Waals surface area contributed by atoms with Crippen LogP contribution in [0.1, 0.15) is 30.3 Å². The van der Waals surface area contributed by atoms with Crippen LogP contribution in [0.5, 0.6) is 0 Å². The second kappa shape index (κ2) is 6.17. The third kappa shape index (κ3) is 3.21. The van der Waals surface area contributed by atoms with Crippen LogP contribution in [-0.4, -0.2) is 41.4 Å². The van der Waals surface area contributed by atoms with Gasteiger partial charge in [-0.2, -0.15) is 0 Å². The van der Waals surface area contributed by atoms with E-state index in [4.69, 9.17) is 5.21 Å². The summed E-state index contributed by atoms with van der Waals surface area (Å²) < 4.78 is 0. The molecule has 6 nitrogen and oxygen atoms in total. The predicted octanol–water partition coefficient (Wildman–Crippen LogP) is 1.26. The number of nitrogens with one attached hydrogen (secondary N) is 1. The maximum Gasteiger partial charge on any atom is 0.269 e. The fourth-order valence-corrected chi connectivity index (χ4v) is 2.11. The van der Waals surface area contributed by atoms with Gasteiger partial charge in [0.25, 0.3) is 5.91 Å². The molecule has 1 fully saturated rings. The summed E-state index contributed by atoms with van der Waals surface area (Å²) in [6.07, 6.45) is 3.14. The van der Waals surface area contributed by atoms with Crippen LogP contribution < -0.4 is 10.2 Å². The van der Waals surface area contributed by atoms with E-state index in [0.717, 1.165) is 37.3 Å². The fraction of sp³-hybridized carbons (Fsp3) is 0.462. The Labute approximate surface area is 112 Å². The predicted molar refractivity (Wildman–Crippen MR) is 72.9 cm³/mol. The number of piperidine rings is 1. The molecule has 2 rings (SSSR count). The normalized spacial score (nSPS) is 15.2. The number of hydrogen-bond donors (Lipinski definition) is 2. The number of nitrogens with zero attached hydrogens (tertiary/aromatic N) is 3. The Balaban J connectivity index is 2.09. The lowest BCUT2D eigenvalue weighted by Gasteiger charge is -2.29. The molecule has 2 N–H and O–H groups in total. The largest absolute Gasteiger partial charge is 0.411 e. The number of anilines is 1. The summed E-state index contributed by atoms with van der Waals surface area (Å²) in [6, 6.07) is 3.69. The lowest BCUT2D eigenvalue weighted by atomic mass is 10.1. The summed E-state index contributed by atoms with van der Waals surface area (Å²) in [5.41, 5.74) is 2.24. The molecule has 2 heterocycles. The van der Waals surface area contributed by atoms with Crippen molar-refractivity contribution in [3.05, 3.63) is 24.0 Å². The number of carbonyl (C=O) groups is 1. The zero-order valence-electron chi connectivity index (χ0n) is 11.0. The van der Waals surface area contributed by atoms with Crippen molar-refractivity contribution in [1.29, 1.82) is 0 Å². The number of amides is 1. The van der Waals surface area contributed by atoms with E-state index in [0.29, 0.717) is 12.2 Å². The van der Waals surface area contributed by atoms with Crippen LogP contribution in [0.4, 0.5) is 5.69 Å². The van der Waals surface area contributed by atoms with Crippen LogP contribution in [0.3, 0.4) is 0 Å². The summed E-state index contributed by atoms with van der Waals surface area (Å²) in [6.45, 7) is 4.05. The van der Waals surface area contributed by atoms with Gasteiger partial charge in [0.1, 0.15) is 5.69 Å². The molecule has 0 saturated carbocycles. The first kappa shape index (κ1) is 13.3. The zero-order chi connectivity index (χ0) is 13.7. The lowest BCUT2D eigenvalue weighted by molar-refractivity contribution is 0.0951. The minimum absolute atomic E-state index is 0.154. The molecule has 6 heteroatoms. The highest BCUT2D eigenvalue weighted by Crippen LogP contribution is 2.19. The Bertz CT molecular complexity index is 477. The van der Waals surface area contributed by atoms with E-state index in [-0.39, 0.29) is 5.91 Å². The molecule has 19 heavy (non-hydrogen) atoms. The van der Waals surface area contributed by atoms with Gasteiger partial charge in [0.15, 0.2) is 0 Å². The van der Waals surface area contributed by atoms with Gasteiger partial charge in [0, 0.05) is 44.4 Å². The molecule has 1 aliphatic rings. The summed E-state index contributed by atoms with van der Waals surface area (Å²) >= 11 is 0. The van der Waals surface area contributed by atoms with Crippen molar-refractivity contribution in [2.45, 2.75) is 19.8 Å². The molecule has 1 aromatic heterocycles. The highest BCUT2D eigenvalue weighted by atomic mass is 16.4. The number of carbonyl (C=O) groups excluding carboxylic acids is 1. The number of hydrogen-bond acceptors (Lipinski definition) is 5. The van der Waals surface area contributed by atoms with E-state index in [1.807, 2.05) is 13.0 Å². The van der Waals surface area contributed by atoms with E-state index in [1.165, 1.54) is 0 Å². The summed E-state index contributed by atoms with van der Waals surface area (Å²) in [5.74, 6) is -0.154. The maximum atomic E-state index is 11.7. The Morgan fingerprint density at radius 1 is 1.53 bits per heavy atom. The minimum Gasteiger partial charge on any atom is -0.411 e. The van der Waals surface area contributed by atoms with E-state index >= 15 is 0 Å². The average Bonchev–Trinajstić information content (AvgIpc) is 2.48. The summed E-state index contributed by atoms with van der Waals surface area (Å²) in [5, 5.41) is 14.7. The number of rotatable bonds is 3. The fourth-order valence-electron chi connectivity index (χ4n) is 2.11. The van der Waals surface area contributed by atoms with Crippen molar-refractivity contribution in [3.63, 3.8) is 0 Å². The van der Waals surface area contributed by atoms with Gasteiger partial charge in [-0.3, -0.25) is 9.78 Å². The molecule has 0 unspecified atom stereocenters. The first-order chi connectivity index (χ1) is 9.24. The van der Waals surface area contributed by atoms with Crippen LogP contribution in [0, 0.1) is 0 Å². The van der Waals surface area contributed by atoms with Gasteiger partial charge in [0.05, 0.1) is 5.71 Å². The molecular weight excluding hydrogens is 244 g/mol. The Morgan fingerprint density at radius 3 is 2.89 bits per heavy atom. The topological polar surface area (TPSA) is 77.8 Å². The van der Waals surface area contributed by atoms with Crippen molar-refractivity contribution in [3.8, 4) is 0 Å². The third-order valence-corrected chi connectivity index (χ3v) is 3.16. The van der Waals surface area contributed by atoms with Gasteiger partial charge in [0.2, 0.25) is 0 Å². The van der Waals surface area contributed by atoms with Crippen LogP contribution in [0.25, 0.3) is 0 Å². The first-order valence-electron chi connectivity index (χ1n) is 6.43. The highest BCUT2D eigenvalue weighted by molar-refractivity contribution is 5.93. The van der Waals surface area contributed by atoms with E-state index in [9.17, 15) is 4.79 Å². The summed E-state index contributed by atoms with van der Waals surface area (Å²) in [7, 11) is 0. The van der Waals surface area contributed by atoms with Gasteiger partial charge >= 0.3 is 0 Å². The number of aromatic nitrogens is 1. The molecule has 1 aromatic rings. The van der Waals surface area contributed by atoms with Crippen molar-refractivity contribution >= 4 is 17.3 Å². The molecule has 102 valence electrons. The molecule has 0 aliphatic carbocycles. The molecule has 0 atom stereocenters. The lowest BCUT2D eigenvalue weighted by Crippen LogP contribution is -2.34. The molecule has 0 bridgehead atoms. The number of pyridine rings is 1. The van der Waals surface area contributed by atoms with Crippen LogP contribution in [-0.2, 0) is 0 Å². The quantitative estimate of drug-likeness (QED) is 0.635. The second-order valence-corrected chi connectivity index (χ2v) is 4.41. The Hall–Kier alpha value is -2.11. The molecule has 0 radical (unpaired) electrons. The average molecular weight is 262 g/mol. The van der Waals surface area contributed by atoms with E-state index in [2.05, 4.69) is 20.4 Å². The molecule has 1 saturated heterocycles. The SMILES string of the molecule is CCNC(=O)c1cc(N2CCC(=NO)CC2)ccn1. The van der Waals surface area contributed by atoms with Gasteiger partial charge in [-0.05, 0) is 19.1 Å². The zero-order valence-corrected chi connectivity index (χ0v) is 11.0. The van der Waals surface area contributed by atoms with E-state index < -0.39 is 0 Å². The highest BCUT2D eigenvalue weighted by Gasteiger charge is 2.17. The van der Waals surface area contributed by atoms with Gasteiger partial charge < -0.3 is 15.4 Å². The Kier molecular flexibility index (Phi) is 4.33. The Morgan fingerprint density at radius 2 is 2.26 bits per heavy atom. The third-order valence-electron chi connectivity index (χ3n) is 3.16. The van der Waals surface area contributed by atoms with Crippen molar-refractivity contribution in [2.75, 3.05) is 24.5 Å². The van der Waals surface area contributed by atoms with Gasteiger partial charge in [-0.15, -0.1) is 0 Å². The molecule has 1 aliphatic heterocycles. The van der Waals surface area contributed by atoms with Crippen LogP contribution in [0.2, 0.25) is 0 Å².